The number of ether oxygens (including phenoxy) is 2. The number of rotatable bonds is 5. The van der Waals surface area contributed by atoms with Gasteiger partial charge in [0.1, 0.15) is 5.65 Å². The fourth-order valence-electron chi connectivity index (χ4n) is 2.92. The molecule has 0 amide bonds. The van der Waals surface area contributed by atoms with Crippen LogP contribution in [-0.2, 0) is 9.47 Å². The molecule has 1 aliphatic rings. The van der Waals surface area contributed by atoms with Crippen LogP contribution in [-0.4, -0.2) is 23.7 Å². The normalized spacial score (nSPS) is 19.5. The monoisotopic (exact) mass is 284 g/mol. The van der Waals surface area contributed by atoms with Gasteiger partial charge in [-0.3, -0.25) is 0 Å². The minimum atomic E-state index is -0.0108. The van der Waals surface area contributed by atoms with E-state index in [4.69, 9.17) is 9.47 Å². The number of allylic oxidation sites excluding steroid dienone is 3. The van der Waals surface area contributed by atoms with Crippen molar-refractivity contribution in [3.8, 4) is 0 Å². The molecule has 0 fully saturated rings. The molecule has 0 aromatic carbocycles. The first kappa shape index (κ1) is 13.9. The van der Waals surface area contributed by atoms with E-state index >= 15 is 0 Å². The Kier molecular flexibility index (Phi) is 4.06. The van der Waals surface area contributed by atoms with Crippen molar-refractivity contribution in [2.45, 2.75) is 19.4 Å². The molecular weight excluding hydrogens is 264 g/mol. The Bertz CT molecular complexity index is 672. The van der Waals surface area contributed by atoms with Crippen molar-refractivity contribution in [3.05, 3.63) is 54.1 Å². The Morgan fingerprint density at radius 2 is 2.38 bits per heavy atom. The molecule has 4 heteroatoms. The minimum absolute atomic E-state index is 0.0108. The topological polar surface area (TPSA) is 47.1 Å². The molecule has 21 heavy (non-hydrogen) atoms. The average Bonchev–Trinajstić information content (AvgIpc) is 2.93. The van der Waals surface area contributed by atoms with Crippen molar-refractivity contribution in [2.24, 2.45) is 5.92 Å². The number of methoxy groups -OCH3 is 1. The van der Waals surface area contributed by atoms with Gasteiger partial charge in [-0.15, -0.1) is 0 Å². The zero-order valence-corrected chi connectivity index (χ0v) is 12.4. The van der Waals surface area contributed by atoms with Crippen molar-refractivity contribution in [2.75, 3.05) is 13.7 Å². The van der Waals surface area contributed by atoms with E-state index in [9.17, 15) is 0 Å². The number of aromatic amines is 1. The summed E-state index contributed by atoms with van der Waals surface area (Å²) in [4.78, 5) is 7.56. The molecule has 1 aliphatic carbocycles. The van der Waals surface area contributed by atoms with Gasteiger partial charge in [0.25, 0.3) is 0 Å². The first-order valence-corrected chi connectivity index (χ1v) is 7.28. The molecule has 0 saturated carbocycles. The van der Waals surface area contributed by atoms with Crippen molar-refractivity contribution in [1.29, 1.82) is 0 Å². The van der Waals surface area contributed by atoms with Crippen LogP contribution in [0.1, 0.15) is 25.0 Å². The van der Waals surface area contributed by atoms with Crippen molar-refractivity contribution in [3.63, 3.8) is 0 Å². The third kappa shape index (κ3) is 2.72. The van der Waals surface area contributed by atoms with E-state index in [0.717, 1.165) is 28.8 Å². The molecule has 1 N–H and O–H groups in total. The molecule has 3 rings (SSSR count). The number of nitrogens with zero attached hydrogens (tertiary/aromatic N) is 1. The second-order valence-electron chi connectivity index (χ2n) is 5.12. The number of hydrogen-bond donors (Lipinski definition) is 1. The number of hydrogen-bond acceptors (Lipinski definition) is 3. The zero-order valence-electron chi connectivity index (χ0n) is 12.4. The van der Waals surface area contributed by atoms with Gasteiger partial charge in [-0.1, -0.05) is 12.2 Å². The Labute approximate surface area is 124 Å². The van der Waals surface area contributed by atoms with E-state index in [1.165, 1.54) is 0 Å². The molecular formula is C17H20N2O2. The molecule has 2 unspecified atom stereocenters. The molecule has 2 atom stereocenters. The van der Waals surface area contributed by atoms with Gasteiger partial charge in [0.05, 0.1) is 18.5 Å². The maximum atomic E-state index is 5.79. The van der Waals surface area contributed by atoms with Crippen LogP contribution in [0.15, 0.2) is 48.5 Å². The van der Waals surface area contributed by atoms with Crippen LogP contribution in [0.2, 0.25) is 0 Å². The second-order valence-corrected chi connectivity index (χ2v) is 5.12. The fraction of sp³-hybridized carbons (Fsp3) is 0.353. The van der Waals surface area contributed by atoms with Gasteiger partial charge in [0, 0.05) is 42.8 Å². The van der Waals surface area contributed by atoms with Gasteiger partial charge in [0.15, 0.2) is 0 Å². The first-order valence-electron chi connectivity index (χ1n) is 7.28. The Hall–Kier alpha value is -2.07. The number of pyridine rings is 1. The van der Waals surface area contributed by atoms with Crippen LogP contribution in [0.5, 0.6) is 0 Å². The summed E-state index contributed by atoms with van der Waals surface area (Å²) in [5, 5.41) is 1.12. The molecule has 110 valence electrons. The zero-order chi connectivity index (χ0) is 14.7. The molecule has 0 spiro atoms. The predicted octanol–water partition coefficient (Wildman–Crippen LogP) is 3.75. The summed E-state index contributed by atoms with van der Waals surface area (Å²) in [5.74, 6) is 1.28. The highest BCUT2D eigenvalue weighted by molar-refractivity contribution is 5.80. The first-order chi connectivity index (χ1) is 10.3. The molecule has 0 aliphatic heterocycles. The van der Waals surface area contributed by atoms with Crippen LogP contribution in [0, 0.1) is 5.92 Å². The van der Waals surface area contributed by atoms with E-state index in [1.54, 1.807) is 13.3 Å². The SMILES string of the molecule is CCOC1=CC=CC(C(OC)c2c[nH]c3ncccc23)C1. The lowest BCUT2D eigenvalue weighted by molar-refractivity contribution is 0.0613. The van der Waals surface area contributed by atoms with Crippen LogP contribution >= 0.6 is 0 Å². The van der Waals surface area contributed by atoms with Crippen LogP contribution in [0.4, 0.5) is 0 Å². The number of H-pyrrole nitrogens is 1. The predicted molar refractivity (Wildman–Crippen MR) is 82.8 cm³/mol. The van der Waals surface area contributed by atoms with E-state index in [-0.39, 0.29) is 12.0 Å². The lowest BCUT2D eigenvalue weighted by Gasteiger charge is -2.26. The maximum absolute atomic E-state index is 5.79. The molecule has 2 heterocycles. The van der Waals surface area contributed by atoms with Crippen LogP contribution in [0.25, 0.3) is 11.0 Å². The summed E-state index contributed by atoms with van der Waals surface area (Å²) in [6, 6.07) is 4.03. The van der Waals surface area contributed by atoms with E-state index in [1.807, 2.05) is 25.3 Å². The smallest absolute Gasteiger partial charge is 0.137 e. The molecule has 0 radical (unpaired) electrons. The number of aromatic nitrogens is 2. The van der Waals surface area contributed by atoms with Gasteiger partial charge in [-0.05, 0) is 25.1 Å². The third-order valence-electron chi connectivity index (χ3n) is 3.84. The highest BCUT2D eigenvalue weighted by Gasteiger charge is 2.26. The maximum Gasteiger partial charge on any atom is 0.137 e. The molecule has 0 saturated heterocycles. The average molecular weight is 284 g/mol. The minimum Gasteiger partial charge on any atom is -0.498 e. The van der Waals surface area contributed by atoms with Crippen molar-refractivity contribution < 1.29 is 9.47 Å². The summed E-state index contributed by atoms with van der Waals surface area (Å²) in [5.41, 5.74) is 2.04. The summed E-state index contributed by atoms with van der Waals surface area (Å²) in [7, 11) is 1.76. The van der Waals surface area contributed by atoms with Gasteiger partial charge in [0.2, 0.25) is 0 Å². The van der Waals surface area contributed by atoms with Gasteiger partial charge in [-0.25, -0.2) is 4.98 Å². The molecule has 4 nitrogen and oxygen atoms in total. The lowest BCUT2D eigenvalue weighted by atomic mass is 9.89. The largest absolute Gasteiger partial charge is 0.498 e. The summed E-state index contributed by atoms with van der Waals surface area (Å²) in [6.07, 6.45) is 10.9. The summed E-state index contributed by atoms with van der Waals surface area (Å²) in [6.45, 7) is 2.70. The lowest BCUT2D eigenvalue weighted by Crippen LogP contribution is -2.16. The quantitative estimate of drug-likeness (QED) is 0.909. The molecule has 2 aromatic rings. The standard InChI is InChI=1S/C17H20N2O2/c1-3-21-13-7-4-6-12(10-13)16(20-2)15-11-19-17-14(15)8-5-9-18-17/h4-9,11-12,16H,3,10H2,1-2H3,(H,18,19). The van der Waals surface area contributed by atoms with Crippen LogP contribution in [0.3, 0.4) is 0 Å². The Morgan fingerprint density at radius 1 is 1.48 bits per heavy atom. The van der Waals surface area contributed by atoms with Crippen LogP contribution < -0.4 is 0 Å². The third-order valence-corrected chi connectivity index (χ3v) is 3.84. The van der Waals surface area contributed by atoms with Crippen molar-refractivity contribution in [1.82, 2.24) is 9.97 Å². The van der Waals surface area contributed by atoms with Gasteiger partial charge in [-0.2, -0.15) is 0 Å². The van der Waals surface area contributed by atoms with E-state index in [2.05, 4.69) is 28.2 Å². The highest BCUT2D eigenvalue weighted by atomic mass is 16.5. The number of fused-ring (bicyclic) bond motifs is 1. The Morgan fingerprint density at radius 3 is 3.19 bits per heavy atom. The molecule has 0 bridgehead atoms. The Balaban J connectivity index is 1.89. The van der Waals surface area contributed by atoms with Gasteiger partial charge < -0.3 is 14.5 Å². The van der Waals surface area contributed by atoms with E-state index < -0.39 is 0 Å². The summed E-state index contributed by atoms with van der Waals surface area (Å²) >= 11 is 0. The van der Waals surface area contributed by atoms with E-state index in [0.29, 0.717) is 6.61 Å². The van der Waals surface area contributed by atoms with Crippen molar-refractivity contribution >= 4 is 11.0 Å². The summed E-state index contributed by atoms with van der Waals surface area (Å²) < 4.78 is 11.4. The molecule has 2 aromatic heterocycles. The highest BCUT2D eigenvalue weighted by Crippen LogP contribution is 2.36. The second kappa shape index (κ2) is 6.14. The number of nitrogens with one attached hydrogen (secondary N) is 1. The fourth-order valence-corrected chi connectivity index (χ4v) is 2.92. The van der Waals surface area contributed by atoms with Gasteiger partial charge >= 0.3 is 0 Å².